The highest BCUT2D eigenvalue weighted by molar-refractivity contribution is 5.82. The number of methoxy groups -OCH3 is 1. The van der Waals surface area contributed by atoms with Crippen LogP contribution in [0.25, 0.3) is 0 Å². The molecule has 0 amide bonds. The molecular weight excluding hydrogens is 270 g/mol. The lowest BCUT2D eigenvalue weighted by Gasteiger charge is -2.34. The fraction of sp³-hybridized carbons (Fsp3) is 0.375. The number of ether oxygens (including phenoxy) is 2. The molecule has 0 aromatic heterocycles. The summed E-state index contributed by atoms with van der Waals surface area (Å²) in [7, 11) is 1.53. The summed E-state index contributed by atoms with van der Waals surface area (Å²) in [6, 6.07) is 5.53. The Morgan fingerprint density at radius 2 is 2.43 bits per heavy atom. The van der Waals surface area contributed by atoms with E-state index < -0.39 is 11.5 Å². The van der Waals surface area contributed by atoms with Crippen molar-refractivity contribution in [1.82, 2.24) is 0 Å². The fourth-order valence-corrected chi connectivity index (χ4v) is 3.26. The van der Waals surface area contributed by atoms with Crippen LogP contribution in [0.2, 0.25) is 0 Å². The normalized spacial score (nSPS) is 29.0. The summed E-state index contributed by atoms with van der Waals surface area (Å²) in [4.78, 5) is 11.4. The maximum Gasteiger partial charge on any atom is 0.166 e. The molecule has 0 bridgehead atoms. The lowest BCUT2D eigenvalue weighted by atomic mass is 9.69. The van der Waals surface area contributed by atoms with Crippen LogP contribution < -0.4 is 9.47 Å². The number of aldehydes is 1. The number of benzene rings is 1. The molecular formula is C16H15NO4. The van der Waals surface area contributed by atoms with E-state index in [1.54, 1.807) is 24.3 Å². The zero-order chi connectivity index (χ0) is 15.0. The summed E-state index contributed by atoms with van der Waals surface area (Å²) in [5.74, 6) is 1.03. The van der Waals surface area contributed by atoms with Gasteiger partial charge in [-0.25, -0.2) is 0 Å². The molecule has 1 aromatic carbocycles. The molecule has 1 aliphatic carbocycles. The Balaban J connectivity index is 2.27. The topological polar surface area (TPSA) is 79.6 Å². The van der Waals surface area contributed by atoms with Gasteiger partial charge in [-0.1, -0.05) is 12.2 Å². The van der Waals surface area contributed by atoms with Crippen LogP contribution in [0.15, 0.2) is 24.3 Å². The molecule has 3 atom stereocenters. The predicted molar refractivity (Wildman–Crippen MR) is 74.5 cm³/mol. The molecule has 0 radical (unpaired) electrons. The molecule has 0 saturated carbocycles. The molecule has 5 heteroatoms. The lowest BCUT2D eigenvalue weighted by molar-refractivity contribution is 0.0889. The third kappa shape index (κ3) is 1.83. The largest absolute Gasteiger partial charge is 0.493 e. The van der Waals surface area contributed by atoms with Crippen molar-refractivity contribution in [2.75, 3.05) is 7.11 Å². The second-order valence-corrected chi connectivity index (χ2v) is 5.32. The maximum absolute atomic E-state index is 11.4. The first kappa shape index (κ1) is 13.7. The van der Waals surface area contributed by atoms with E-state index in [2.05, 4.69) is 6.07 Å². The molecule has 21 heavy (non-hydrogen) atoms. The molecule has 108 valence electrons. The highest BCUT2D eigenvalue weighted by atomic mass is 16.5. The Labute approximate surface area is 122 Å². The van der Waals surface area contributed by atoms with E-state index in [1.165, 1.54) is 7.11 Å². The van der Waals surface area contributed by atoms with Crippen molar-refractivity contribution in [3.63, 3.8) is 0 Å². The summed E-state index contributed by atoms with van der Waals surface area (Å²) in [5.41, 5.74) is 0.477. The molecule has 0 fully saturated rings. The number of hydrogen-bond acceptors (Lipinski definition) is 5. The fourth-order valence-electron chi connectivity index (χ4n) is 3.26. The average molecular weight is 285 g/mol. The van der Waals surface area contributed by atoms with Crippen molar-refractivity contribution in [3.05, 3.63) is 35.4 Å². The molecule has 3 rings (SSSR count). The molecule has 1 N–H and O–H groups in total. The summed E-state index contributed by atoms with van der Waals surface area (Å²) in [6.45, 7) is 0. The first-order chi connectivity index (χ1) is 10.2. The highest BCUT2D eigenvalue weighted by Gasteiger charge is 2.52. The smallest absolute Gasteiger partial charge is 0.166 e. The van der Waals surface area contributed by atoms with Gasteiger partial charge < -0.3 is 14.6 Å². The van der Waals surface area contributed by atoms with Gasteiger partial charge in [-0.3, -0.25) is 4.79 Å². The van der Waals surface area contributed by atoms with Crippen molar-refractivity contribution in [1.29, 1.82) is 5.26 Å². The average Bonchev–Trinajstić information content (AvgIpc) is 2.81. The molecule has 0 unspecified atom stereocenters. The van der Waals surface area contributed by atoms with Crippen molar-refractivity contribution in [2.45, 2.75) is 30.5 Å². The van der Waals surface area contributed by atoms with Crippen molar-refractivity contribution < 1.29 is 19.4 Å². The third-order valence-corrected chi connectivity index (χ3v) is 4.24. The Morgan fingerprint density at radius 3 is 3.10 bits per heavy atom. The van der Waals surface area contributed by atoms with E-state index in [0.29, 0.717) is 29.0 Å². The Morgan fingerprint density at radius 1 is 1.62 bits per heavy atom. The minimum absolute atomic E-state index is 0.182. The number of carbonyl (C=O) groups is 1. The zero-order valence-electron chi connectivity index (χ0n) is 11.6. The Kier molecular flexibility index (Phi) is 3.19. The molecule has 2 aliphatic rings. The molecule has 0 saturated heterocycles. The molecule has 0 spiro atoms. The van der Waals surface area contributed by atoms with Crippen LogP contribution in [0.3, 0.4) is 0 Å². The minimum Gasteiger partial charge on any atom is -0.493 e. The number of nitrogens with zero attached hydrogens (tertiary/aromatic N) is 1. The highest BCUT2D eigenvalue weighted by Crippen LogP contribution is 2.54. The van der Waals surface area contributed by atoms with E-state index in [9.17, 15) is 15.2 Å². The van der Waals surface area contributed by atoms with Gasteiger partial charge in [0.25, 0.3) is 0 Å². The van der Waals surface area contributed by atoms with Gasteiger partial charge in [0.2, 0.25) is 0 Å². The van der Waals surface area contributed by atoms with Crippen LogP contribution in [-0.4, -0.2) is 30.7 Å². The van der Waals surface area contributed by atoms with Crippen molar-refractivity contribution in [2.24, 2.45) is 0 Å². The van der Waals surface area contributed by atoms with E-state index >= 15 is 0 Å². The number of aliphatic hydroxyl groups excluding tert-OH is 1. The first-order valence-electron chi connectivity index (χ1n) is 6.74. The summed E-state index contributed by atoms with van der Waals surface area (Å²) in [5, 5.41) is 19.0. The summed E-state index contributed by atoms with van der Waals surface area (Å²) >= 11 is 0. The standard InChI is InChI=1S/C16H15NO4/c1-20-12-3-2-10(9-18)14-15(12)21-13-8-11(19)4-5-16(13,14)6-7-17/h2-5,9,11,13,19H,6,8H2,1H3/t11-,13-,16-/m0/s1. The number of nitriles is 1. The van der Waals surface area contributed by atoms with Crippen LogP contribution >= 0.6 is 0 Å². The number of rotatable bonds is 3. The van der Waals surface area contributed by atoms with Crippen LogP contribution in [0.4, 0.5) is 0 Å². The van der Waals surface area contributed by atoms with Crippen molar-refractivity contribution >= 4 is 6.29 Å². The van der Waals surface area contributed by atoms with E-state index in [1.807, 2.05) is 0 Å². The van der Waals surface area contributed by atoms with Crippen LogP contribution in [-0.2, 0) is 5.41 Å². The molecule has 1 aliphatic heterocycles. The number of carbonyl (C=O) groups excluding carboxylic acids is 1. The van der Waals surface area contributed by atoms with Crippen LogP contribution in [0.5, 0.6) is 11.5 Å². The summed E-state index contributed by atoms with van der Waals surface area (Å²) in [6.07, 6.45) is 3.82. The molecule has 1 aromatic rings. The second-order valence-electron chi connectivity index (χ2n) is 5.32. The second kappa shape index (κ2) is 4.90. The first-order valence-corrected chi connectivity index (χ1v) is 6.74. The Bertz CT molecular complexity index is 661. The number of hydrogen-bond donors (Lipinski definition) is 1. The van der Waals surface area contributed by atoms with E-state index in [4.69, 9.17) is 9.47 Å². The van der Waals surface area contributed by atoms with E-state index in [-0.39, 0.29) is 12.5 Å². The zero-order valence-corrected chi connectivity index (χ0v) is 11.6. The van der Waals surface area contributed by atoms with Crippen LogP contribution in [0, 0.1) is 11.3 Å². The van der Waals surface area contributed by atoms with E-state index in [0.717, 1.165) is 6.29 Å². The van der Waals surface area contributed by atoms with Crippen LogP contribution in [0.1, 0.15) is 28.8 Å². The maximum atomic E-state index is 11.4. The van der Waals surface area contributed by atoms with Gasteiger partial charge in [0.05, 0.1) is 31.1 Å². The van der Waals surface area contributed by atoms with Gasteiger partial charge in [-0.05, 0) is 12.1 Å². The monoisotopic (exact) mass is 285 g/mol. The number of fused-ring (bicyclic) bond motifs is 3. The SMILES string of the molecule is COc1ccc(C=O)c2c1O[C@H]1C[C@@H](O)C=C[C@@]21CC#N. The van der Waals surface area contributed by atoms with Gasteiger partial charge >= 0.3 is 0 Å². The quantitative estimate of drug-likeness (QED) is 0.676. The summed E-state index contributed by atoms with van der Waals surface area (Å²) < 4.78 is 11.3. The van der Waals surface area contributed by atoms with Gasteiger partial charge in [0.15, 0.2) is 17.8 Å². The van der Waals surface area contributed by atoms with Gasteiger partial charge in [-0.2, -0.15) is 5.26 Å². The van der Waals surface area contributed by atoms with Gasteiger partial charge in [0, 0.05) is 17.5 Å². The molecule has 5 nitrogen and oxygen atoms in total. The number of aliphatic hydroxyl groups is 1. The van der Waals surface area contributed by atoms with Crippen molar-refractivity contribution in [3.8, 4) is 17.6 Å². The van der Waals surface area contributed by atoms with Gasteiger partial charge in [0.1, 0.15) is 6.10 Å². The minimum atomic E-state index is -0.700. The lowest BCUT2D eigenvalue weighted by Crippen LogP contribution is -2.42. The van der Waals surface area contributed by atoms with Gasteiger partial charge in [-0.15, -0.1) is 0 Å². The third-order valence-electron chi connectivity index (χ3n) is 4.24. The Hall–Kier alpha value is -2.32. The molecule has 1 heterocycles. The predicted octanol–water partition coefficient (Wildman–Crippen LogP) is 1.74.